The fourth-order valence-corrected chi connectivity index (χ4v) is 2.67. The normalized spacial score (nSPS) is 10.3. The highest BCUT2D eigenvalue weighted by atomic mass is 33.1. The molecule has 0 saturated carbocycles. The number of pyridine rings is 1. The molecule has 1 aromatic heterocycles. The van der Waals surface area contributed by atoms with Gasteiger partial charge in [0.2, 0.25) is 5.91 Å². The van der Waals surface area contributed by atoms with Crippen molar-refractivity contribution in [2.75, 3.05) is 5.75 Å². The molecule has 0 aliphatic carbocycles. The highest BCUT2D eigenvalue weighted by molar-refractivity contribution is 8.76. The van der Waals surface area contributed by atoms with E-state index in [1.54, 1.807) is 6.20 Å². The summed E-state index contributed by atoms with van der Waals surface area (Å²) in [6, 6.07) is 5.94. The van der Waals surface area contributed by atoms with Crippen molar-refractivity contribution in [2.45, 2.75) is 24.9 Å². The maximum absolute atomic E-state index is 11.3. The summed E-state index contributed by atoms with van der Waals surface area (Å²) in [5, 5.41) is 3.77. The first-order chi connectivity index (χ1) is 7.18. The van der Waals surface area contributed by atoms with Crippen LogP contribution in [-0.4, -0.2) is 22.7 Å². The summed E-state index contributed by atoms with van der Waals surface area (Å²) in [4.78, 5) is 15.4. The minimum Gasteiger partial charge on any atom is -0.353 e. The number of aromatic nitrogens is 1. The van der Waals surface area contributed by atoms with Crippen LogP contribution in [0.25, 0.3) is 0 Å². The standard InChI is InChI=1S/C10H14N2OS2/c1-8(2)12-9(13)7-14-15-10-5-3-4-6-11-10/h3-6,8H,7H2,1-2H3,(H,12,13). The third-order valence-electron chi connectivity index (χ3n) is 1.42. The van der Waals surface area contributed by atoms with E-state index in [1.807, 2.05) is 32.0 Å². The maximum Gasteiger partial charge on any atom is 0.231 e. The van der Waals surface area contributed by atoms with E-state index in [2.05, 4.69) is 10.3 Å². The van der Waals surface area contributed by atoms with Gasteiger partial charge in [-0.3, -0.25) is 4.79 Å². The summed E-state index contributed by atoms with van der Waals surface area (Å²) in [5.74, 6) is 0.526. The van der Waals surface area contributed by atoms with Crippen LogP contribution in [0.3, 0.4) is 0 Å². The number of hydrogen-bond acceptors (Lipinski definition) is 4. The van der Waals surface area contributed by atoms with Gasteiger partial charge in [-0.15, -0.1) is 0 Å². The molecular weight excluding hydrogens is 228 g/mol. The van der Waals surface area contributed by atoms with Gasteiger partial charge in [0.15, 0.2) is 0 Å². The van der Waals surface area contributed by atoms with Gasteiger partial charge in [-0.1, -0.05) is 16.9 Å². The Morgan fingerprint density at radius 2 is 2.33 bits per heavy atom. The SMILES string of the molecule is CC(C)NC(=O)CSSc1ccccn1. The minimum absolute atomic E-state index is 0.0680. The predicted molar refractivity (Wildman–Crippen MR) is 65.8 cm³/mol. The fourth-order valence-electron chi connectivity index (χ4n) is 0.903. The third kappa shape index (κ3) is 5.69. The highest BCUT2D eigenvalue weighted by Crippen LogP contribution is 2.28. The quantitative estimate of drug-likeness (QED) is 0.805. The molecule has 0 bridgehead atoms. The van der Waals surface area contributed by atoms with Crippen LogP contribution in [0.2, 0.25) is 0 Å². The predicted octanol–water partition coefficient (Wildman–Crippen LogP) is 2.35. The van der Waals surface area contributed by atoms with E-state index in [9.17, 15) is 4.79 Å². The van der Waals surface area contributed by atoms with Gasteiger partial charge in [0.05, 0.1) is 5.75 Å². The number of amides is 1. The van der Waals surface area contributed by atoms with Crippen LogP contribution < -0.4 is 5.32 Å². The van der Waals surface area contributed by atoms with Crippen LogP contribution in [-0.2, 0) is 4.79 Å². The summed E-state index contributed by atoms with van der Waals surface area (Å²) in [6.07, 6.45) is 1.75. The molecule has 0 aromatic carbocycles. The Kier molecular flexibility index (Phi) is 5.57. The Hall–Kier alpha value is -0.680. The summed E-state index contributed by atoms with van der Waals surface area (Å²) >= 11 is 0. The minimum atomic E-state index is 0.0680. The smallest absolute Gasteiger partial charge is 0.231 e. The fraction of sp³-hybridized carbons (Fsp3) is 0.400. The summed E-state index contributed by atoms with van der Waals surface area (Å²) in [7, 11) is 3.02. The third-order valence-corrected chi connectivity index (χ3v) is 3.55. The van der Waals surface area contributed by atoms with Crippen LogP contribution in [0.4, 0.5) is 0 Å². The second kappa shape index (κ2) is 6.74. The van der Waals surface area contributed by atoms with Crippen molar-refractivity contribution in [3.63, 3.8) is 0 Å². The number of hydrogen-bond donors (Lipinski definition) is 1. The molecule has 82 valence electrons. The molecule has 1 amide bonds. The lowest BCUT2D eigenvalue weighted by molar-refractivity contribution is -0.119. The number of carbonyl (C=O) groups excluding carboxylic acids is 1. The molecule has 3 nitrogen and oxygen atoms in total. The number of carbonyl (C=O) groups is 1. The summed E-state index contributed by atoms with van der Waals surface area (Å²) in [5.41, 5.74) is 0. The van der Waals surface area contributed by atoms with Crippen LogP contribution in [0.15, 0.2) is 29.4 Å². The molecule has 0 spiro atoms. The van der Waals surface area contributed by atoms with Crippen molar-refractivity contribution in [3.8, 4) is 0 Å². The molecule has 1 N–H and O–H groups in total. The lowest BCUT2D eigenvalue weighted by Gasteiger charge is -2.06. The number of nitrogens with one attached hydrogen (secondary N) is 1. The van der Waals surface area contributed by atoms with Crippen LogP contribution >= 0.6 is 21.6 Å². The van der Waals surface area contributed by atoms with Crippen molar-refractivity contribution in [1.82, 2.24) is 10.3 Å². The average molecular weight is 242 g/mol. The van der Waals surface area contributed by atoms with Crippen molar-refractivity contribution in [3.05, 3.63) is 24.4 Å². The Balaban J connectivity index is 2.19. The van der Waals surface area contributed by atoms with E-state index in [-0.39, 0.29) is 11.9 Å². The topological polar surface area (TPSA) is 42.0 Å². The molecule has 0 radical (unpaired) electrons. The first-order valence-electron chi connectivity index (χ1n) is 4.68. The first kappa shape index (κ1) is 12.4. The lowest BCUT2D eigenvalue weighted by atomic mass is 10.4. The molecule has 1 rings (SSSR count). The van der Waals surface area contributed by atoms with Crippen molar-refractivity contribution in [2.24, 2.45) is 0 Å². The van der Waals surface area contributed by atoms with Crippen LogP contribution in [0.5, 0.6) is 0 Å². The van der Waals surface area contributed by atoms with Gasteiger partial charge >= 0.3 is 0 Å². The summed E-state index contributed by atoms with van der Waals surface area (Å²) in [6.45, 7) is 3.91. The second-order valence-electron chi connectivity index (χ2n) is 3.24. The molecule has 1 aromatic rings. The average Bonchev–Trinajstić information content (AvgIpc) is 2.18. The highest BCUT2D eigenvalue weighted by Gasteiger charge is 2.03. The number of nitrogens with zero attached hydrogens (tertiary/aromatic N) is 1. The van der Waals surface area contributed by atoms with E-state index >= 15 is 0 Å². The van der Waals surface area contributed by atoms with Gasteiger partial charge < -0.3 is 5.32 Å². The first-order valence-corrected chi connectivity index (χ1v) is 7.00. The molecule has 0 atom stereocenters. The van der Waals surface area contributed by atoms with Gasteiger partial charge in [0.1, 0.15) is 5.03 Å². The molecular formula is C10H14N2OS2. The Morgan fingerprint density at radius 3 is 2.93 bits per heavy atom. The van der Waals surface area contributed by atoms with Gasteiger partial charge in [-0.2, -0.15) is 0 Å². The molecule has 1 heterocycles. The van der Waals surface area contributed by atoms with Gasteiger partial charge in [-0.25, -0.2) is 4.98 Å². The molecule has 0 unspecified atom stereocenters. The molecule has 0 saturated heterocycles. The van der Waals surface area contributed by atoms with E-state index in [0.717, 1.165) is 5.03 Å². The monoisotopic (exact) mass is 242 g/mol. The molecule has 0 aliphatic rings. The van der Waals surface area contributed by atoms with Crippen LogP contribution in [0.1, 0.15) is 13.8 Å². The Bertz CT molecular complexity index is 304. The molecule has 0 fully saturated rings. The Labute approximate surface area is 97.8 Å². The molecule has 5 heteroatoms. The van der Waals surface area contributed by atoms with Crippen molar-refractivity contribution >= 4 is 27.5 Å². The van der Waals surface area contributed by atoms with Gasteiger partial charge in [0.25, 0.3) is 0 Å². The molecule has 15 heavy (non-hydrogen) atoms. The van der Waals surface area contributed by atoms with Crippen molar-refractivity contribution in [1.29, 1.82) is 0 Å². The zero-order valence-electron chi connectivity index (χ0n) is 8.77. The van der Waals surface area contributed by atoms with E-state index in [4.69, 9.17) is 0 Å². The van der Waals surface area contributed by atoms with Gasteiger partial charge in [0, 0.05) is 12.2 Å². The van der Waals surface area contributed by atoms with Crippen molar-refractivity contribution < 1.29 is 4.79 Å². The van der Waals surface area contributed by atoms with Gasteiger partial charge in [-0.05, 0) is 36.8 Å². The summed E-state index contributed by atoms with van der Waals surface area (Å²) < 4.78 is 0. The second-order valence-corrected chi connectivity index (χ2v) is 5.55. The largest absolute Gasteiger partial charge is 0.353 e. The van der Waals surface area contributed by atoms with E-state index in [1.165, 1.54) is 21.6 Å². The van der Waals surface area contributed by atoms with Crippen LogP contribution in [0, 0.1) is 0 Å². The van der Waals surface area contributed by atoms with E-state index < -0.39 is 0 Å². The zero-order chi connectivity index (χ0) is 11.1. The Morgan fingerprint density at radius 1 is 1.53 bits per heavy atom. The maximum atomic E-state index is 11.3. The zero-order valence-corrected chi connectivity index (χ0v) is 10.4. The number of rotatable bonds is 5. The molecule has 0 aliphatic heterocycles. The lowest BCUT2D eigenvalue weighted by Crippen LogP contribution is -2.31. The van der Waals surface area contributed by atoms with E-state index in [0.29, 0.717) is 5.75 Å².